The summed E-state index contributed by atoms with van der Waals surface area (Å²) in [6, 6.07) is 3.95. The molecule has 0 amide bonds. The second-order valence-corrected chi connectivity index (χ2v) is 2.26. The Balaban J connectivity index is 0.000000605. The van der Waals surface area contributed by atoms with Gasteiger partial charge in [-0.25, -0.2) is 14.5 Å². The zero-order valence-electron chi connectivity index (χ0n) is 6.08. The Hall–Kier alpha value is -0.650. The van der Waals surface area contributed by atoms with Gasteiger partial charge in [-0.15, -0.1) is 0 Å². The molecule has 0 atom stereocenters. The zero-order valence-corrected chi connectivity index (χ0v) is 8.24. The van der Waals surface area contributed by atoms with E-state index in [1.807, 2.05) is 30.1 Å². The molecule has 2 aromatic rings. The third-order valence-corrected chi connectivity index (χ3v) is 1.56. The fraction of sp³-hybridized carbons (Fsp3) is 0.143. The maximum atomic E-state index is 4.13. The lowest BCUT2D eigenvalue weighted by molar-refractivity contribution is -0.644. The second-order valence-electron chi connectivity index (χ2n) is 2.26. The molecule has 3 nitrogen and oxygen atoms in total. The van der Waals surface area contributed by atoms with Crippen LogP contribution in [0.3, 0.4) is 0 Å². The molecule has 2 aromatic heterocycles. The number of nitrogens with one attached hydrogen (secondary N) is 1. The Morgan fingerprint density at radius 1 is 1.55 bits per heavy atom. The summed E-state index contributed by atoms with van der Waals surface area (Å²) < 4.78 is 2.00. The van der Waals surface area contributed by atoms with Gasteiger partial charge < -0.3 is 24.0 Å². The molecular weight excluding hydrogens is 253 g/mol. The van der Waals surface area contributed by atoms with Gasteiger partial charge in [0.2, 0.25) is 6.33 Å². The molecule has 2 rings (SSSR count). The fourth-order valence-corrected chi connectivity index (χ4v) is 1.02. The van der Waals surface area contributed by atoms with Gasteiger partial charge in [-0.3, -0.25) is 0 Å². The summed E-state index contributed by atoms with van der Waals surface area (Å²) in [4.78, 5) is 7.17. The van der Waals surface area contributed by atoms with Gasteiger partial charge in [0, 0.05) is 6.20 Å². The molecule has 0 aliphatic carbocycles. The highest BCUT2D eigenvalue weighted by atomic mass is 127. The van der Waals surface area contributed by atoms with Crippen molar-refractivity contribution in [1.29, 1.82) is 0 Å². The van der Waals surface area contributed by atoms with Crippen molar-refractivity contribution in [3.8, 4) is 0 Å². The number of imidazole rings is 1. The van der Waals surface area contributed by atoms with Crippen molar-refractivity contribution in [2.45, 2.75) is 0 Å². The number of fused-ring (bicyclic) bond motifs is 1. The van der Waals surface area contributed by atoms with Gasteiger partial charge in [-0.05, 0) is 12.1 Å². The first-order valence-corrected chi connectivity index (χ1v) is 3.15. The molecule has 0 spiro atoms. The van der Waals surface area contributed by atoms with E-state index in [0.717, 1.165) is 11.2 Å². The molecule has 0 unspecified atom stereocenters. The number of hydrogen-bond donors (Lipinski definition) is 1. The van der Waals surface area contributed by atoms with Crippen molar-refractivity contribution < 1.29 is 28.5 Å². The Kier molecular flexibility index (Phi) is 2.43. The van der Waals surface area contributed by atoms with E-state index in [2.05, 4.69) is 9.97 Å². The van der Waals surface area contributed by atoms with Crippen LogP contribution in [0.5, 0.6) is 0 Å². The van der Waals surface area contributed by atoms with Crippen molar-refractivity contribution in [3.63, 3.8) is 0 Å². The van der Waals surface area contributed by atoms with Crippen LogP contribution in [0.1, 0.15) is 0 Å². The standard InChI is InChI=1S/C7H7N3.HI/c1-10-5-9-7-6(10)3-2-4-8-7;/h2-5H,1H3;1H. The fourth-order valence-electron chi connectivity index (χ4n) is 1.02. The maximum absolute atomic E-state index is 4.13. The van der Waals surface area contributed by atoms with Crippen LogP contribution < -0.4 is 28.5 Å². The van der Waals surface area contributed by atoms with Crippen LogP contribution in [0.25, 0.3) is 11.2 Å². The summed E-state index contributed by atoms with van der Waals surface area (Å²) in [7, 11) is 1.99. The van der Waals surface area contributed by atoms with Gasteiger partial charge in [0.05, 0.1) is 7.05 Å². The van der Waals surface area contributed by atoms with Gasteiger partial charge >= 0.3 is 0 Å². The smallest absolute Gasteiger partial charge is 0.266 e. The Morgan fingerprint density at radius 2 is 2.36 bits per heavy atom. The van der Waals surface area contributed by atoms with Crippen molar-refractivity contribution in [3.05, 3.63) is 24.7 Å². The predicted octanol–water partition coefficient (Wildman–Crippen LogP) is -2.61. The summed E-state index contributed by atoms with van der Waals surface area (Å²) in [6.07, 6.45) is 3.66. The topological polar surface area (TPSA) is 32.6 Å². The SMILES string of the molecule is C[n+]1c[nH]c2ncccc21.[I-]. The van der Waals surface area contributed by atoms with Crippen LogP contribution in [0.2, 0.25) is 0 Å². The van der Waals surface area contributed by atoms with Crippen LogP contribution in [0.15, 0.2) is 24.7 Å². The normalized spacial score (nSPS) is 9.55. The number of pyridine rings is 1. The largest absolute Gasteiger partial charge is 1.00 e. The quantitative estimate of drug-likeness (QED) is 0.409. The van der Waals surface area contributed by atoms with E-state index in [1.165, 1.54) is 0 Å². The molecule has 0 aliphatic rings. The first-order valence-electron chi connectivity index (χ1n) is 3.15. The Labute approximate surface area is 81.5 Å². The second kappa shape index (κ2) is 3.17. The van der Waals surface area contributed by atoms with Crippen molar-refractivity contribution in [2.75, 3.05) is 0 Å². The molecule has 0 fully saturated rings. The molecule has 1 N–H and O–H groups in total. The zero-order chi connectivity index (χ0) is 6.97. The molecule has 0 saturated carbocycles. The van der Waals surface area contributed by atoms with Gasteiger partial charge in [0.1, 0.15) is 0 Å². The van der Waals surface area contributed by atoms with Crippen LogP contribution >= 0.6 is 0 Å². The highest BCUT2D eigenvalue weighted by molar-refractivity contribution is 5.64. The molecule has 2 heterocycles. The summed E-state index contributed by atoms with van der Waals surface area (Å²) in [5, 5.41) is 0. The number of nitrogens with zero attached hydrogens (tertiary/aromatic N) is 2. The van der Waals surface area contributed by atoms with E-state index in [1.54, 1.807) is 6.20 Å². The average molecular weight is 261 g/mol. The van der Waals surface area contributed by atoms with Crippen molar-refractivity contribution in [1.82, 2.24) is 9.97 Å². The molecule has 0 saturated heterocycles. The van der Waals surface area contributed by atoms with E-state index in [-0.39, 0.29) is 24.0 Å². The van der Waals surface area contributed by atoms with Gasteiger partial charge in [-0.2, -0.15) is 0 Å². The summed E-state index contributed by atoms with van der Waals surface area (Å²) in [5.74, 6) is 0. The lowest BCUT2D eigenvalue weighted by Crippen LogP contribution is -3.00. The molecule has 58 valence electrons. The van der Waals surface area contributed by atoms with E-state index >= 15 is 0 Å². The van der Waals surface area contributed by atoms with Crippen molar-refractivity contribution >= 4 is 11.2 Å². The minimum absolute atomic E-state index is 0. The minimum atomic E-state index is 0. The molecular formula is C7H8IN3. The van der Waals surface area contributed by atoms with E-state index in [4.69, 9.17) is 0 Å². The summed E-state index contributed by atoms with van der Waals surface area (Å²) >= 11 is 0. The Bertz CT molecular complexity index is 355. The number of H-pyrrole nitrogens is 1. The molecule has 0 aromatic carbocycles. The average Bonchev–Trinajstić information content (AvgIpc) is 2.34. The molecule has 0 radical (unpaired) electrons. The third-order valence-electron chi connectivity index (χ3n) is 1.56. The van der Waals surface area contributed by atoms with Gasteiger partial charge in [-0.1, -0.05) is 0 Å². The number of aromatic amines is 1. The lowest BCUT2D eigenvalue weighted by Gasteiger charge is -1.81. The number of halogens is 1. The first kappa shape index (κ1) is 8.45. The highest BCUT2D eigenvalue weighted by Gasteiger charge is 2.03. The minimum Gasteiger partial charge on any atom is -1.00 e. The monoisotopic (exact) mass is 261 g/mol. The van der Waals surface area contributed by atoms with E-state index in [9.17, 15) is 0 Å². The number of aryl methyl sites for hydroxylation is 1. The number of aromatic nitrogens is 3. The van der Waals surface area contributed by atoms with Crippen LogP contribution in [0, 0.1) is 0 Å². The van der Waals surface area contributed by atoms with E-state index in [0.29, 0.717) is 0 Å². The van der Waals surface area contributed by atoms with Crippen LogP contribution in [0.4, 0.5) is 0 Å². The molecule has 0 bridgehead atoms. The van der Waals surface area contributed by atoms with Crippen LogP contribution in [-0.4, -0.2) is 9.97 Å². The van der Waals surface area contributed by atoms with Crippen LogP contribution in [-0.2, 0) is 7.05 Å². The first-order chi connectivity index (χ1) is 4.88. The van der Waals surface area contributed by atoms with E-state index < -0.39 is 0 Å². The predicted molar refractivity (Wildman–Crippen MR) is 37.3 cm³/mol. The van der Waals surface area contributed by atoms with Gasteiger partial charge in [0.25, 0.3) is 5.65 Å². The lowest BCUT2D eigenvalue weighted by atomic mass is 10.4. The van der Waals surface area contributed by atoms with Crippen molar-refractivity contribution in [2.24, 2.45) is 7.05 Å². The highest BCUT2D eigenvalue weighted by Crippen LogP contribution is 1.99. The molecule has 11 heavy (non-hydrogen) atoms. The number of rotatable bonds is 0. The molecule has 4 heteroatoms. The maximum Gasteiger partial charge on any atom is 0.266 e. The Morgan fingerprint density at radius 3 is 3.09 bits per heavy atom. The third kappa shape index (κ3) is 1.35. The summed E-state index contributed by atoms with van der Waals surface area (Å²) in [6.45, 7) is 0. The summed E-state index contributed by atoms with van der Waals surface area (Å²) in [5.41, 5.74) is 2.06. The van der Waals surface area contributed by atoms with Gasteiger partial charge in [0.15, 0.2) is 5.52 Å². The molecule has 0 aliphatic heterocycles. The number of hydrogen-bond acceptors (Lipinski definition) is 1.